The molecule has 2 rings (SSSR count). The fraction of sp³-hybridized carbons (Fsp3) is 0.200. The first-order valence-electron chi connectivity index (χ1n) is 4.73. The first kappa shape index (κ1) is 10.5. The average Bonchev–Trinajstić information content (AvgIpc) is 2.70. The average molecular weight is 225 g/mol. The molecule has 0 atom stereocenters. The molecule has 0 bridgehead atoms. The van der Waals surface area contributed by atoms with E-state index in [1.165, 1.54) is 6.07 Å². The van der Waals surface area contributed by atoms with Crippen LogP contribution in [0.3, 0.4) is 0 Å². The quantitative estimate of drug-likeness (QED) is 0.872. The van der Waals surface area contributed by atoms with Crippen LogP contribution in [0.1, 0.15) is 12.8 Å². The molecule has 0 spiro atoms. The van der Waals surface area contributed by atoms with Crippen molar-refractivity contribution >= 4 is 11.7 Å². The summed E-state index contributed by atoms with van der Waals surface area (Å²) >= 11 is 0. The summed E-state index contributed by atoms with van der Waals surface area (Å²) in [4.78, 5) is 0. The van der Waals surface area contributed by atoms with Crippen LogP contribution in [0.4, 0.5) is 20.5 Å². The number of hydrogen-bond acceptors (Lipinski definition) is 4. The van der Waals surface area contributed by atoms with E-state index >= 15 is 0 Å². The van der Waals surface area contributed by atoms with Gasteiger partial charge in [0.1, 0.15) is 11.6 Å². The maximum atomic E-state index is 13.2. The fourth-order valence-corrected chi connectivity index (χ4v) is 1.15. The zero-order chi connectivity index (χ0) is 11.5. The first-order chi connectivity index (χ1) is 7.69. The van der Waals surface area contributed by atoms with Gasteiger partial charge in [0.2, 0.25) is 5.89 Å². The van der Waals surface area contributed by atoms with E-state index in [9.17, 15) is 8.78 Å². The van der Waals surface area contributed by atoms with Gasteiger partial charge in [0, 0.05) is 12.5 Å². The molecule has 2 aromatic rings. The zero-order valence-corrected chi connectivity index (χ0v) is 8.50. The molecule has 0 aliphatic heterocycles. The summed E-state index contributed by atoms with van der Waals surface area (Å²) in [6, 6.07) is 3.27. The molecule has 0 saturated heterocycles. The van der Waals surface area contributed by atoms with Gasteiger partial charge < -0.3 is 9.73 Å². The standard InChI is InChI=1S/C10H9F2N3O/c1-2-9-14-15-10(16-9)13-8-4-3-6(11)5-7(8)12/h3-5H,2H2,1H3,(H,13,15). The van der Waals surface area contributed by atoms with Crippen molar-refractivity contribution in [3.63, 3.8) is 0 Å². The van der Waals surface area contributed by atoms with Gasteiger partial charge in [-0.25, -0.2) is 8.78 Å². The van der Waals surface area contributed by atoms with Gasteiger partial charge in [0.25, 0.3) is 0 Å². The maximum absolute atomic E-state index is 13.2. The summed E-state index contributed by atoms with van der Waals surface area (Å²) in [5.41, 5.74) is 0.0905. The summed E-state index contributed by atoms with van der Waals surface area (Å²) in [5, 5.41) is 9.93. The van der Waals surface area contributed by atoms with Crippen LogP contribution in [-0.4, -0.2) is 10.2 Å². The highest BCUT2D eigenvalue weighted by molar-refractivity contribution is 5.52. The molecular formula is C10H9F2N3O. The Morgan fingerprint density at radius 3 is 2.75 bits per heavy atom. The Balaban J connectivity index is 2.20. The molecule has 0 aliphatic rings. The molecule has 1 N–H and O–H groups in total. The Morgan fingerprint density at radius 2 is 2.12 bits per heavy atom. The molecule has 84 valence electrons. The lowest BCUT2D eigenvalue weighted by atomic mass is 10.3. The SMILES string of the molecule is CCc1nnc(Nc2ccc(F)cc2F)o1. The van der Waals surface area contributed by atoms with Crippen molar-refractivity contribution in [3.8, 4) is 0 Å². The molecule has 0 amide bonds. The number of aromatic nitrogens is 2. The summed E-state index contributed by atoms with van der Waals surface area (Å²) in [7, 11) is 0. The number of nitrogens with zero attached hydrogens (tertiary/aromatic N) is 2. The Hall–Kier alpha value is -1.98. The van der Waals surface area contributed by atoms with E-state index in [1.807, 2.05) is 6.92 Å². The van der Waals surface area contributed by atoms with Crippen molar-refractivity contribution in [2.24, 2.45) is 0 Å². The van der Waals surface area contributed by atoms with Gasteiger partial charge in [-0.3, -0.25) is 0 Å². The maximum Gasteiger partial charge on any atom is 0.320 e. The van der Waals surface area contributed by atoms with Crippen molar-refractivity contribution in [2.75, 3.05) is 5.32 Å². The Kier molecular flexibility index (Phi) is 2.80. The molecule has 0 radical (unpaired) electrons. The number of halogens is 2. The van der Waals surface area contributed by atoms with Gasteiger partial charge in [-0.1, -0.05) is 12.0 Å². The fourth-order valence-electron chi connectivity index (χ4n) is 1.15. The lowest BCUT2D eigenvalue weighted by Gasteiger charge is -2.02. The number of rotatable bonds is 3. The molecule has 1 aromatic carbocycles. The second-order valence-corrected chi connectivity index (χ2v) is 3.10. The van der Waals surface area contributed by atoms with Crippen LogP contribution < -0.4 is 5.32 Å². The van der Waals surface area contributed by atoms with Crippen LogP contribution in [0.25, 0.3) is 0 Å². The highest BCUT2D eigenvalue weighted by atomic mass is 19.1. The molecular weight excluding hydrogens is 216 g/mol. The molecule has 16 heavy (non-hydrogen) atoms. The number of anilines is 2. The van der Waals surface area contributed by atoms with E-state index in [-0.39, 0.29) is 11.7 Å². The number of benzene rings is 1. The molecule has 1 heterocycles. The predicted octanol–water partition coefficient (Wildman–Crippen LogP) is 2.65. The minimum Gasteiger partial charge on any atom is -0.408 e. The van der Waals surface area contributed by atoms with Crippen LogP contribution in [0.15, 0.2) is 22.6 Å². The predicted molar refractivity (Wildman–Crippen MR) is 53.3 cm³/mol. The first-order valence-corrected chi connectivity index (χ1v) is 4.73. The highest BCUT2D eigenvalue weighted by Crippen LogP contribution is 2.19. The van der Waals surface area contributed by atoms with E-state index in [2.05, 4.69) is 15.5 Å². The third kappa shape index (κ3) is 2.16. The van der Waals surface area contributed by atoms with Crippen LogP contribution in [0.5, 0.6) is 0 Å². The molecule has 1 aromatic heterocycles. The van der Waals surface area contributed by atoms with E-state index < -0.39 is 11.6 Å². The minimum absolute atomic E-state index is 0.0855. The largest absolute Gasteiger partial charge is 0.408 e. The minimum atomic E-state index is -0.712. The lowest BCUT2D eigenvalue weighted by Crippen LogP contribution is -1.94. The summed E-state index contributed by atoms with van der Waals surface area (Å²) < 4.78 is 31.0. The van der Waals surface area contributed by atoms with E-state index in [0.29, 0.717) is 12.3 Å². The van der Waals surface area contributed by atoms with E-state index in [4.69, 9.17) is 4.42 Å². The third-order valence-corrected chi connectivity index (χ3v) is 1.94. The number of hydrogen-bond donors (Lipinski definition) is 1. The Bertz CT molecular complexity index is 499. The summed E-state index contributed by atoms with van der Waals surface area (Å²) in [6.07, 6.45) is 0.598. The second-order valence-electron chi connectivity index (χ2n) is 3.10. The van der Waals surface area contributed by atoms with E-state index in [0.717, 1.165) is 12.1 Å². The molecule has 0 aliphatic carbocycles. The van der Waals surface area contributed by atoms with Gasteiger partial charge in [-0.05, 0) is 12.1 Å². The number of nitrogens with one attached hydrogen (secondary N) is 1. The normalized spacial score (nSPS) is 10.4. The van der Waals surface area contributed by atoms with Crippen LogP contribution >= 0.6 is 0 Å². The number of aryl methyl sites for hydroxylation is 1. The van der Waals surface area contributed by atoms with Gasteiger partial charge in [0.15, 0.2) is 0 Å². The molecule has 6 heteroatoms. The van der Waals surface area contributed by atoms with Gasteiger partial charge in [0.05, 0.1) is 5.69 Å². The Labute approximate surface area is 90.3 Å². The van der Waals surface area contributed by atoms with Crippen molar-refractivity contribution in [1.82, 2.24) is 10.2 Å². The monoisotopic (exact) mass is 225 g/mol. The van der Waals surface area contributed by atoms with Crippen LogP contribution in [0.2, 0.25) is 0 Å². The topological polar surface area (TPSA) is 51.0 Å². The Morgan fingerprint density at radius 1 is 1.31 bits per heavy atom. The molecule has 0 saturated carbocycles. The van der Waals surface area contributed by atoms with Crippen molar-refractivity contribution in [1.29, 1.82) is 0 Å². The smallest absolute Gasteiger partial charge is 0.320 e. The van der Waals surface area contributed by atoms with Crippen molar-refractivity contribution < 1.29 is 13.2 Å². The summed E-state index contributed by atoms with van der Waals surface area (Å²) in [5.74, 6) is -0.899. The van der Waals surface area contributed by atoms with Gasteiger partial charge in [-0.2, -0.15) is 0 Å². The molecule has 0 fully saturated rings. The van der Waals surface area contributed by atoms with Gasteiger partial charge >= 0.3 is 6.01 Å². The summed E-state index contributed by atoms with van der Waals surface area (Å²) in [6.45, 7) is 1.86. The van der Waals surface area contributed by atoms with Crippen molar-refractivity contribution in [3.05, 3.63) is 35.7 Å². The van der Waals surface area contributed by atoms with Crippen molar-refractivity contribution in [2.45, 2.75) is 13.3 Å². The lowest BCUT2D eigenvalue weighted by molar-refractivity contribution is 0.514. The second kappa shape index (κ2) is 4.26. The van der Waals surface area contributed by atoms with Crippen LogP contribution in [-0.2, 0) is 6.42 Å². The third-order valence-electron chi connectivity index (χ3n) is 1.94. The van der Waals surface area contributed by atoms with Crippen LogP contribution in [0, 0.1) is 11.6 Å². The van der Waals surface area contributed by atoms with Gasteiger partial charge in [-0.15, -0.1) is 5.10 Å². The zero-order valence-electron chi connectivity index (χ0n) is 8.50. The van der Waals surface area contributed by atoms with E-state index in [1.54, 1.807) is 0 Å². The molecule has 4 nitrogen and oxygen atoms in total. The molecule has 0 unspecified atom stereocenters. The highest BCUT2D eigenvalue weighted by Gasteiger charge is 2.08.